The average molecular weight is 272 g/mol. The number of benzene rings is 2. The van der Waals surface area contributed by atoms with Crippen molar-refractivity contribution in [1.29, 1.82) is 0 Å². The molecule has 0 saturated carbocycles. The number of ether oxygens (including phenoxy) is 2. The summed E-state index contributed by atoms with van der Waals surface area (Å²) in [5.41, 5.74) is 3.35. The van der Waals surface area contributed by atoms with Crippen LogP contribution in [0.1, 0.15) is 29.5 Å². The van der Waals surface area contributed by atoms with Crippen LogP contribution in [0, 0.1) is 6.92 Å². The Morgan fingerprint density at radius 3 is 2.30 bits per heavy atom. The first-order valence-corrected chi connectivity index (χ1v) is 6.57. The molecule has 3 nitrogen and oxygen atoms in total. The maximum Gasteiger partial charge on any atom is 0.160 e. The lowest BCUT2D eigenvalue weighted by molar-refractivity contribution is 0.373. The van der Waals surface area contributed by atoms with E-state index in [1.807, 2.05) is 25.1 Å². The van der Waals surface area contributed by atoms with Gasteiger partial charge in [0.2, 0.25) is 0 Å². The van der Waals surface area contributed by atoms with Crippen molar-refractivity contribution in [3.05, 3.63) is 53.1 Å². The van der Waals surface area contributed by atoms with Crippen molar-refractivity contribution in [2.75, 3.05) is 14.2 Å². The van der Waals surface area contributed by atoms with E-state index in [1.54, 1.807) is 26.4 Å². The number of hydrogen-bond donors (Lipinski definition) is 1. The molecule has 0 spiro atoms. The van der Waals surface area contributed by atoms with E-state index in [-0.39, 0.29) is 11.7 Å². The minimum Gasteiger partial charge on any atom is -0.504 e. The highest BCUT2D eigenvalue weighted by Gasteiger charge is 2.12. The quantitative estimate of drug-likeness (QED) is 0.918. The van der Waals surface area contributed by atoms with Crippen molar-refractivity contribution in [3.63, 3.8) is 0 Å². The summed E-state index contributed by atoms with van der Waals surface area (Å²) >= 11 is 0. The predicted molar refractivity (Wildman–Crippen MR) is 79.9 cm³/mol. The fourth-order valence-electron chi connectivity index (χ4n) is 2.31. The van der Waals surface area contributed by atoms with Crippen LogP contribution in [0.4, 0.5) is 0 Å². The van der Waals surface area contributed by atoms with Crippen LogP contribution in [0.5, 0.6) is 17.2 Å². The Labute approximate surface area is 119 Å². The Hall–Kier alpha value is -2.16. The summed E-state index contributed by atoms with van der Waals surface area (Å²) in [7, 11) is 3.21. The van der Waals surface area contributed by atoms with Crippen LogP contribution in [0.25, 0.3) is 0 Å². The average Bonchev–Trinajstić information content (AvgIpc) is 2.45. The normalized spacial score (nSPS) is 12.0. The zero-order valence-electron chi connectivity index (χ0n) is 12.3. The molecular weight excluding hydrogens is 252 g/mol. The zero-order valence-corrected chi connectivity index (χ0v) is 12.3. The SMILES string of the molecule is COc1cc(C)cc(C(C)c2ccc(OC)c(O)c2)c1. The first-order chi connectivity index (χ1) is 9.55. The van der Waals surface area contributed by atoms with Crippen molar-refractivity contribution in [2.45, 2.75) is 19.8 Å². The fraction of sp³-hybridized carbons (Fsp3) is 0.294. The molecule has 0 fully saturated rings. The summed E-state index contributed by atoms with van der Waals surface area (Å²) in [5.74, 6) is 1.67. The first-order valence-electron chi connectivity index (χ1n) is 6.57. The summed E-state index contributed by atoms with van der Waals surface area (Å²) in [6, 6.07) is 11.7. The molecule has 0 bridgehead atoms. The molecular formula is C17H20O3. The molecule has 1 unspecified atom stereocenters. The Morgan fingerprint density at radius 2 is 1.70 bits per heavy atom. The molecule has 0 heterocycles. The van der Waals surface area contributed by atoms with Gasteiger partial charge in [0, 0.05) is 5.92 Å². The van der Waals surface area contributed by atoms with Gasteiger partial charge in [0.1, 0.15) is 5.75 Å². The second-order valence-electron chi connectivity index (χ2n) is 4.94. The molecule has 0 amide bonds. The van der Waals surface area contributed by atoms with Crippen LogP contribution >= 0.6 is 0 Å². The van der Waals surface area contributed by atoms with E-state index in [0.29, 0.717) is 5.75 Å². The zero-order chi connectivity index (χ0) is 14.7. The third-order valence-corrected chi connectivity index (χ3v) is 3.51. The van der Waals surface area contributed by atoms with Crippen molar-refractivity contribution in [2.24, 2.45) is 0 Å². The van der Waals surface area contributed by atoms with Gasteiger partial charge in [-0.1, -0.05) is 19.1 Å². The monoisotopic (exact) mass is 272 g/mol. The Bertz CT molecular complexity index is 605. The number of aryl methyl sites for hydroxylation is 1. The van der Waals surface area contributed by atoms with Crippen LogP contribution in [0.15, 0.2) is 36.4 Å². The van der Waals surface area contributed by atoms with Gasteiger partial charge in [-0.3, -0.25) is 0 Å². The number of phenols is 1. The van der Waals surface area contributed by atoms with Gasteiger partial charge < -0.3 is 14.6 Å². The van der Waals surface area contributed by atoms with E-state index in [4.69, 9.17) is 9.47 Å². The summed E-state index contributed by atoms with van der Waals surface area (Å²) in [6.45, 7) is 4.15. The van der Waals surface area contributed by atoms with Crippen molar-refractivity contribution < 1.29 is 14.6 Å². The molecule has 20 heavy (non-hydrogen) atoms. The molecule has 0 radical (unpaired) electrons. The molecule has 1 atom stereocenters. The molecule has 0 aromatic heterocycles. The Kier molecular flexibility index (Phi) is 4.18. The van der Waals surface area contributed by atoms with E-state index in [0.717, 1.165) is 22.4 Å². The highest BCUT2D eigenvalue weighted by Crippen LogP contribution is 2.33. The highest BCUT2D eigenvalue weighted by molar-refractivity contribution is 5.46. The summed E-state index contributed by atoms with van der Waals surface area (Å²) < 4.78 is 10.4. The van der Waals surface area contributed by atoms with E-state index in [1.165, 1.54) is 0 Å². The van der Waals surface area contributed by atoms with Gasteiger partial charge in [-0.25, -0.2) is 0 Å². The lowest BCUT2D eigenvalue weighted by Crippen LogP contribution is -1.98. The van der Waals surface area contributed by atoms with Crippen LogP contribution < -0.4 is 9.47 Å². The standard InChI is InChI=1S/C17H20O3/c1-11-7-14(9-15(8-11)19-3)12(2)13-5-6-17(20-4)16(18)10-13/h5-10,12,18H,1-4H3. The molecule has 2 aromatic carbocycles. The van der Waals surface area contributed by atoms with Crippen molar-refractivity contribution >= 4 is 0 Å². The summed E-state index contributed by atoms with van der Waals surface area (Å²) in [6.07, 6.45) is 0. The highest BCUT2D eigenvalue weighted by atomic mass is 16.5. The molecule has 0 aliphatic carbocycles. The number of methoxy groups -OCH3 is 2. The number of aromatic hydroxyl groups is 1. The van der Waals surface area contributed by atoms with E-state index < -0.39 is 0 Å². The van der Waals surface area contributed by atoms with Crippen LogP contribution in [-0.2, 0) is 0 Å². The van der Waals surface area contributed by atoms with Gasteiger partial charge in [-0.05, 0) is 47.9 Å². The van der Waals surface area contributed by atoms with Crippen LogP contribution in [0.2, 0.25) is 0 Å². The topological polar surface area (TPSA) is 38.7 Å². The number of phenolic OH excluding ortho intramolecular Hbond substituents is 1. The second-order valence-corrected chi connectivity index (χ2v) is 4.94. The molecule has 0 aliphatic heterocycles. The van der Waals surface area contributed by atoms with Crippen molar-refractivity contribution in [1.82, 2.24) is 0 Å². The molecule has 2 rings (SSSR count). The van der Waals surface area contributed by atoms with E-state index in [9.17, 15) is 5.11 Å². The minimum absolute atomic E-state index is 0.163. The lowest BCUT2D eigenvalue weighted by atomic mass is 9.91. The van der Waals surface area contributed by atoms with Crippen molar-refractivity contribution in [3.8, 4) is 17.2 Å². The van der Waals surface area contributed by atoms with Gasteiger partial charge in [-0.2, -0.15) is 0 Å². The minimum atomic E-state index is 0.163. The first kappa shape index (κ1) is 14.3. The third-order valence-electron chi connectivity index (χ3n) is 3.51. The van der Waals surface area contributed by atoms with Gasteiger partial charge in [0.15, 0.2) is 11.5 Å². The molecule has 3 heteroatoms. The molecule has 1 N–H and O–H groups in total. The molecule has 2 aromatic rings. The largest absolute Gasteiger partial charge is 0.504 e. The maximum atomic E-state index is 9.89. The van der Waals surface area contributed by atoms with Gasteiger partial charge in [-0.15, -0.1) is 0 Å². The summed E-state index contributed by atoms with van der Waals surface area (Å²) in [4.78, 5) is 0. The lowest BCUT2D eigenvalue weighted by Gasteiger charge is -2.16. The number of rotatable bonds is 4. The van der Waals surface area contributed by atoms with Gasteiger partial charge >= 0.3 is 0 Å². The second kappa shape index (κ2) is 5.87. The smallest absolute Gasteiger partial charge is 0.160 e. The van der Waals surface area contributed by atoms with Gasteiger partial charge in [0.25, 0.3) is 0 Å². The van der Waals surface area contributed by atoms with Gasteiger partial charge in [0.05, 0.1) is 14.2 Å². The summed E-state index contributed by atoms with van der Waals surface area (Å²) in [5, 5.41) is 9.89. The van der Waals surface area contributed by atoms with Crippen LogP contribution in [0.3, 0.4) is 0 Å². The molecule has 0 aliphatic rings. The van der Waals surface area contributed by atoms with E-state index in [2.05, 4.69) is 13.0 Å². The Morgan fingerprint density at radius 1 is 0.950 bits per heavy atom. The molecule has 106 valence electrons. The Balaban J connectivity index is 2.37. The maximum absolute atomic E-state index is 9.89. The van der Waals surface area contributed by atoms with Crippen LogP contribution in [-0.4, -0.2) is 19.3 Å². The predicted octanol–water partition coefficient (Wildman–Crippen LogP) is 3.87. The third kappa shape index (κ3) is 2.87. The fourth-order valence-corrected chi connectivity index (χ4v) is 2.31. The molecule has 0 saturated heterocycles. The van der Waals surface area contributed by atoms with E-state index >= 15 is 0 Å². The number of hydrogen-bond acceptors (Lipinski definition) is 3.